The van der Waals surface area contributed by atoms with Gasteiger partial charge < -0.3 is 69.5 Å². The molecule has 0 aromatic heterocycles. The first-order valence-electron chi connectivity index (χ1n) is 38.6. The van der Waals surface area contributed by atoms with Crippen molar-refractivity contribution in [3.05, 3.63) is 50.6 Å². The third-order valence-corrected chi connectivity index (χ3v) is 17.2. The molecule has 0 N–H and O–H groups in total. The second-order valence-electron chi connectivity index (χ2n) is 25.4. The molecular formula is C82H158O8S5Sn2. The van der Waals surface area contributed by atoms with Gasteiger partial charge in [-0.25, -0.2) is 0 Å². The van der Waals surface area contributed by atoms with Crippen molar-refractivity contribution < 1.29 is 38.1 Å². The molecule has 0 unspecified atom stereocenters. The van der Waals surface area contributed by atoms with Crippen LogP contribution >= 0.6 is 13.5 Å². The van der Waals surface area contributed by atoms with Gasteiger partial charge in [-0.15, -0.1) is 49.3 Å². The second-order valence-corrected chi connectivity index (χ2v) is 27.0. The van der Waals surface area contributed by atoms with Gasteiger partial charge in [0.1, 0.15) is 0 Å². The fourth-order valence-electron chi connectivity index (χ4n) is 10.9. The summed E-state index contributed by atoms with van der Waals surface area (Å²) in [7, 11) is 0. The number of ether oxygens (including phenoxy) is 4. The minimum absolute atomic E-state index is 0. The van der Waals surface area contributed by atoms with E-state index in [9.17, 15) is 19.2 Å². The summed E-state index contributed by atoms with van der Waals surface area (Å²) in [5.74, 6) is 1.67. The number of hydrogen-bond donors (Lipinski definition) is 0. The van der Waals surface area contributed by atoms with E-state index in [0.717, 1.165) is 51.4 Å². The van der Waals surface area contributed by atoms with E-state index in [0.29, 0.717) is 75.1 Å². The standard InChI is InChI=1S/4C20H38O2S.2CH4.H2S.2Sn/c4*1-2-3-4-5-6-7-8-9-10-11-12-13-14-15-16-17-20(21)22-18-19-23;;;;;/h4*2,23H,1,3-19H2;2*1H4;1H2;;/q;;;;;;;2*+2/p-4. The van der Waals surface area contributed by atoms with Crippen LogP contribution < -0.4 is 0 Å². The molecule has 0 aliphatic carbocycles. The molecule has 0 bridgehead atoms. The fourth-order valence-corrected chi connectivity index (χ4v) is 11.3. The molecule has 572 valence electrons. The Kier molecular flexibility index (Phi) is 134. The molecule has 97 heavy (non-hydrogen) atoms. The Morgan fingerprint density at radius 2 is 0.320 bits per heavy atom. The van der Waals surface area contributed by atoms with Gasteiger partial charge in [0.25, 0.3) is 0 Å². The van der Waals surface area contributed by atoms with Crippen LogP contribution in [0.1, 0.15) is 400 Å². The molecule has 0 spiro atoms. The van der Waals surface area contributed by atoms with Gasteiger partial charge in [-0.1, -0.05) is 322 Å². The topological polar surface area (TPSA) is 105 Å². The van der Waals surface area contributed by atoms with Gasteiger partial charge in [-0.2, -0.15) is 13.5 Å². The second kappa shape index (κ2) is 112. The zero-order valence-corrected chi connectivity index (χ0v) is 71.6. The van der Waals surface area contributed by atoms with E-state index in [4.69, 9.17) is 69.5 Å². The number of rotatable bonds is 72. The van der Waals surface area contributed by atoms with E-state index >= 15 is 0 Å². The summed E-state index contributed by atoms with van der Waals surface area (Å²) in [6, 6.07) is 0. The van der Waals surface area contributed by atoms with E-state index in [2.05, 4.69) is 26.3 Å². The van der Waals surface area contributed by atoms with Crippen molar-refractivity contribution in [1.82, 2.24) is 0 Å². The molecule has 0 aromatic carbocycles. The largest absolute Gasteiger partial charge is 2.00 e. The maximum Gasteiger partial charge on any atom is 2.00 e. The quantitative estimate of drug-likeness (QED) is 0.0145. The molecule has 0 rings (SSSR count). The molecular weight excluding hydrogens is 1510 g/mol. The first kappa shape index (κ1) is 116. The fraction of sp³-hybridized carbons (Fsp3) is 0.854. The maximum atomic E-state index is 11.3. The molecule has 0 saturated carbocycles. The molecule has 0 atom stereocenters. The Hall–Kier alpha value is 0.187. The van der Waals surface area contributed by atoms with E-state index in [1.165, 1.54) is 308 Å². The Balaban J connectivity index is -0.000000149. The minimum Gasteiger partial charge on any atom is -0.789 e. The summed E-state index contributed by atoms with van der Waals surface area (Å²) in [5.41, 5.74) is 0. The first-order chi connectivity index (χ1) is 45.2. The Morgan fingerprint density at radius 1 is 0.216 bits per heavy atom. The van der Waals surface area contributed by atoms with Gasteiger partial charge in [-0.05, 0) is 77.0 Å². The van der Waals surface area contributed by atoms with Gasteiger partial charge in [0, 0.05) is 25.7 Å². The predicted octanol–water partition coefficient (Wildman–Crippen LogP) is 25.1. The Labute approximate surface area is 668 Å². The molecule has 0 aliphatic heterocycles. The van der Waals surface area contributed by atoms with E-state index in [1.807, 2.05) is 24.3 Å². The molecule has 0 saturated heterocycles. The van der Waals surface area contributed by atoms with Crippen molar-refractivity contribution in [2.24, 2.45) is 0 Å². The van der Waals surface area contributed by atoms with Crippen LogP contribution in [0.25, 0.3) is 0 Å². The zero-order chi connectivity index (χ0) is 68.0. The number of carbonyl (C=O) groups excluding carboxylic acids is 4. The van der Waals surface area contributed by atoms with Crippen LogP contribution in [0, 0.1) is 0 Å². The maximum absolute atomic E-state index is 11.3. The third kappa shape index (κ3) is 120. The molecule has 0 amide bonds. The number of allylic oxidation sites excluding steroid dienone is 4. The Bertz CT molecular complexity index is 1300. The summed E-state index contributed by atoms with van der Waals surface area (Å²) in [6.45, 7) is 16.6. The van der Waals surface area contributed by atoms with E-state index < -0.39 is 0 Å². The summed E-state index contributed by atoms with van der Waals surface area (Å²) >= 11 is 19.0. The molecule has 15 heteroatoms. The van der Waals surface area contributed by atoms with E-state index in [1.54, 1.807) is 0 Å². The van der Waals surface area contributed by atoms with Gasteiger partial charge in [0.15, 0.2) is 0 Å². The van der Waals surface area contributed by atoms with Crippen LogP contribution in [0.3, 0.4) is 0 Å². The number of hydrogen-bond acceptors (Lipinski definition) is 12. The van der Waals surface area contributed by atoms with Crippen molar-refractivity contribution >= 4 is 136 Å². The predicted molar refractivity (Wildman–Crippen MR) is 446 cm³/mol. The van der Waals surface area contributed by atoms with Gasteiger partial charge in [0.2, 0.25) is 0 Å². The van der Waals surface area contributed by atoms with Crippen LogP contribution in [0.15, 0.2) is 50.6 Å². The minimum atomic E-state index is -0.0839. The molecule has 0 fully saturated rings. The van der Waals surface area contributed by atoms with Crippen molar-refractivity contribution in [3.8, 4) is 0 Å². The summed E-state index contributed by atoms with van der Waals surface area (Å²) in [6.07, 6.45) is 83.2. The molecule has 0 aliphatic rings. The number of carbonyl (C=O) groups is 4. The van der Waals surface area contributed by atoms with Crippen LogP contribution in [-0.2, 0) is 88.6 Å². The van der Waals surface area contributed by atoms with Gasteiger partial charge in [-0.3, -0.25) is 19.2 Å². The van der Waals surface area contributed by atoms with Gasteiger partial charge >= 0.3 is 71.7 Å². The van der Waals surface area contributed by atoms with Crippen LogP contribution in [0.4, 0.5) is 0 Å². The molecule has 4 radical (unpaired) electrons. The molecule has 8 nitrogen and oxygen atoms in total. The van der Waals surface area contributed by atoms with Crippen molar-refractivity contribution in [1.29, 1.82) is 0 Å². The van der Waals surface area contributed by atoms with E-state index in [-0.39, 0.29) is 100 Å². The molecule has 0 heterocycles. The van der Waals surface area contributed by atoms with Crippen LogP contribution in [0.2, 0.25) is 0 Å². The first-order valence-corrected chi connectivity index (χ1v) is 40.9. The van der Waals surface area contributed by atoms with Crippen molar-refractivity contribution in [2.75, 3.05) is 49.4 Å². The molecule has 0 aromatic rings. The Morgan fingerprint density at radius 3 is 0.423 bits per heavy atom. The average Bonchev–Trinajstić information content (AvgIpc) is 3.68. The summed E-state index contributed by atoms with van der Waals surface area (Å²) < 4.78 is 19.9. The normalized spacial score (nSPS) is 10.1. The monoisotopic (exact) mass is 1670 g/mol. The smallest absolute Gasteiger partial charge is 0.789 e. The number of esters is 4. The van der Waals surface area contributed by atoms with Crippen LogP contribution in [-0.4, -0.2) is 121 Å². The average molecular weight is 1670 g/mol. The van der Waals surface area contributed by atoms with Crippen molar-refractivity contribution in [3.63, 3.8) is 0 Å². The summed E-state index contributed by atoms with van der Waals surface area (Å²) in [4.78, 5) is 45.1. The number of unbranched alkanes of at least 4 members (excludes halogenated alkanes) is 52. The van der Waals surface area contributed by atoms with Gasteiger partial charge in [0.05, 0.1) is 26.4 Å². The van der Waals surface area contributed by atoms with Crippen molar-refractivity contribution in [2.45, 2.75) is 400 Å². The third-order valence-electron chi connectivity index (χ3n) is 16.5. The SMILES string of the molecule is C.C.C=CCCCCCCCCCCCCCCCC(=O)OCC[S-].C=CCCCCCCCCCCCCCCCC(=O)OCC[S-].C=CCCCCCCCCCCCCCCCC(=O)OCC[S-].C=CCCCCCCCCCCCCCCCC(=O)OCC[S-].S.[Sn+2].[Sn+2]. The zero-order valence-electron chi connectivity index (χ0n) is 61.6. The van der Waals surface area contributed by atoms with Crippen LogP contribution in [0.5, 0.6) is 0 Å². The summed E-state index contributed by atoms with van der Waals surface area (Å²) in [5, 5.41) is 0.